The molecule has 20 heavy (non-hydrogen) atoms. The summed E-state index contributed by atoms with van der Waals surface area (Å²) in [6, 6.07) is 5.62. The molecule has 1 heterocycles. The van der Waals surface area contributed by atoms with Crippen molar-refractivity contribution in [3.8, 4) is 6.07 Å². The fourth-order valence-electron chi connectivity index (χ4n) is 2.22. The minimum atomic E-state index is -0.792. The Balaban J connectivity index is 2.48. The molecule has 0 radical (unpaired) electrons. The highest BCUT2D eigenvalue weighted by atomic mass is 32.1. The molecule has 0 bridgehead atoms. The van der Waals surface area contributed by atoms with Crippen LogP contribution in [-0.2, 0) is 0 Å². The van der Waals surface area contributed by atoms with Gasteiger partial charge in [-0.25, -0.2) is 13.8 Å². The van der Waals surface area contributed by atoms with Gasteiger partial charge in [0.1, 0.15) is 11.6 Å². The molecule has 2 aromatic rings. The first-order valence-electron chi connectivity index (χ1n) is 6.01. The van der Waals surface area contributed by atoms with Crippen LogP contribution in [0.1, 0.15) is 29.5 Å². The summed E-state index contributed by atoms with van der Waals surface area (Å²) >= 11 is 1.31. The fourth-order valence-corrected chi connectivity index (χ4v) is 2.81. The summed E-state index contributed by atoms with van der Waals surface area (Å²) in [4.78, 5) is 4.04. The Kier molecular flexibility index (Phi) is 4.77. The summed E-state index contributed by atoms with van der Waals surface area (Å²) in [6.45, 7) is -0.263. The van der Waals surface area contributed by atoms with E-state index in [1.165, 1.54) is 17.4 Å². The highest BCUT2D eigenvalue weighted by Gasteiger charge is 2.30. The van der Waals surface area contributed by atoms with Crippen LogP contribution in [-0.4, -0.2) is 16.7 Å². The molecule has 2 rings (SSSR count). The number of aliphatic hydroxyl groups excluding tert-OH is 1. The van der Waals surface area contributed by atoms with E-state index in [-0.39, 0.29) is 18.6 Å². The van der Waals surface area contributed by atoms with Crippen molar-refractivity contribution in [2.45, 2.75) is 18.3 Å². The molecule has 104 valence electrons. The van der Waals surface area contributed by atoms with Crippen molar-refractivity contribution >= 4 is 11.3 Å². The number of aliphatic hydroxyl groups is 1. The van der Waals surface area contributed by atoms with E-state index in [2.05, 4.69) is 4.98 Å². The maximum atomic E-state index is 13.9. The predicted octanol–water partition coefficient (Wildman–Crippen LogP) is 3.19. The monoisotopic (exact) mass is 294 g/mol. The van der Waals surface area contributed by atoms with Crippen molar-refractivity contribution in [1.82, 2.24) is 4.98 Å². The number of rotatable bonds is 5. The van der Waals surface area contributed by atoms with Gasteiger partial charge in [-0.05, 0) is 18.6 Å². The Bertz CT molecular complexity index is 590. The van der Waals surface area contributed by atoms with Crippen molar-refractivity contribution in [3.05, 3.63) is 52.0 Å². The minimum Gasteiger partial charge on any atom is -0.396 e. The van der Waals surface area contributed by atoms with Crippen LogP contribution in [0, 0.1) is 23.0 Å². The van der Waals surface area contributed by atoms with Gasteiger partial charge < -0.3 is 5.11 Å². The summed E-state index contributed by atoms with van der Waals surface area (Å²) in [5.41, 5.74) is 1.87. The normalized spacial score (nSPS) is 13.7. The van der Waals surface area contributed by atoms with E-state index in [0.29, 0.717) is 5.69 Å². The zero-order valence-corrected chi connectivity index (χ0v) is 11.3. The molecule has 0 aliphatic carbocycles. The molecule has 0 spiro atoms. The predicted molar refractivity (Wildman–Crippen MR) is 71.3 cm³/mol. The van der Waals surface area contributed by atoms with Crippen LogP contribution in [0.2, 0.25) is 0 Å². The summed E-state index contributed by atoms with van der Waals surface area (Å²) in [5.74, 6) is -2.98. The van der Waals surface area contributed by atoms with Crippen molar-refractivity contribution in [1.29, 1.82) is 5.26 Å². The lowest BCUT2D eigenvalue weighted by Crippen LogP contribution is -2.15. The van der Waals surface area contributed by atoms with E-state index in [9.17, 15) is 14.0 Å². The third kappa shape index (κ3) is 2.84. The van der Waals surface area contributed by atoms with E-state index < -0.39 is 23.5 Å². The first-order valence-corrected chi connectivity index (χ1v) is 6.95. The van der Waals surface area contributed by atoms with Crippen LogP contribution in [0.5, 0.6) is 0 Å². The van der Waals surface area contributed by atoms with Crippen LogP contribution in [0.25, 0.3) is 0 Å². The first kappa shape index (κ1) is 14.6. The van der Waals surface area contributed by atoms with Gasteiger partial charge in [0, 0.05) is 23.5 Å². The Morgan fingerprint density at radius 1 is 1.35 bits per heavy atom. The van der Waals surface area contributed by atoms with Crippen LogP contribution in [0.3, 0.4) is 0 Å². The minimum absolute atomic E-state index is 0.0909. The number of aromatic nitrogens is 1. The molecule has 0 saturated carbocycles. The lowest BCUT2D eigenvalue weighted by molar-refractivity contribution is 0.268. The first-order chi connectivity index (χ1) is 9.69. The molecule has 0 aliphatic rings. The number of hydrogen-bond donors (Lipinski definition) is 1. The van der Waals surface area contributed by atoms with Gasteiger partial charge in [0.05, 0.1) is 23.2 Å². The molecule has 1 N–H and O–H groups in total. The fraction of sp³-hybridized carbons (Fsp3) is 0.286. The zero-order chi connectivity index (χ0) is 14.5. The van der Waals surface area contributed by atoms with E-state index in [4.69, 9.17) is 5.11 Å². The van der Waals surface area contributed by atoms with Crippen molar-refractivity contribution in [3.63, 3.8) is 0 Å². The molecule has 0 saturated heterocycles. The highest BCUT2D eigenvalue weighted by Crippen LogP contribution is 2.37. The number of hydrogen-bond acceptors (Lipinski definition) is 4. The standard InChI is InChI=1S/C14H12F2N2OS/c15-11-2-1-3-12(16)14(11)9(4-5-19)10(6-17)13-7-20-8-18-13/h1-3,7-10,19H,4-5H2/t9-,10+/m0/s1. The molecule has 0 unspecified atom stereocenters. The zero-order valence-electron chi connectivity index (χ0n) is 10.5. The summed E-state index contributed by atoms with van der Waals surface area (Å²) in [7, 11) is 0. The average Bonchev–Trinajstić information content (AvgIpc) is 2.93. The van der Waals surface area contributed by atoms with Gasteiger partial charge in [0.25, 0.3) is 0 Å². The van der Waals surface area contributed by atoms with E-state index in [0.717, 1.165) is 12.1 Å². The van der Waals surface area contributed by atoms with Crippen molar-refractivity contribution in [2.75, 3.05) is 6.61 Å². The molecule has 6 heteroatoms. The van der Waals surface area contributed by atoms with E-state index in [1.54, 1.807) is 10.9 Å². The van der Waals surface area contributed by atoms with Gasteiger partial charge in [0.15, 0.2) is 0 Å². The third-order valence-electron chi connectivity index (χ3n) is 3.12. The second-order valence-corrected chi connectivity index (χ2v) is 4.99. The number of thiazole rings is 1. The van der Waals surface area contributed by atoms with Gasteiger partial charge in [-0.15, -0.1) is 11.3 Å². The summed E-state index contributed by atoms with van der Waals surface area (Å²) < 4.78 is 27.8. The van der Waals surface area contributed by atoms with E-state index >= 15 is 0 Å². The maximum absolute atomic E-state index is 13.9. The lowest BCUT2D eigenvalue weighted by atomic mass is 9.82. The Hall–Kier alpha value is -1.84. The largest absolute Gasteiger partial charge is 0.396 e. The number of nitriles is 1. The average molecular weight is 294 g/mol. The van der Waals surface area contributed by atoms with Gasteiger partial charge in [-0.2, -0.15) is 5.26 Å². The SMILES string of the molecule is N#C[C@@H](c1cscn1)[C@H](CCO)c1c(F)cccc1F. The number of benzene rings is 1. The van der Waals surface area contributed by atoms with Gasteiger partial charge >= 0.3 is 0 Å². The molecule has 0 fully saturated rings. The molecule has 0 aliphatic heterocycles. The number of nitrogens with zero attached hydrogens (tertiary/aromatic N) is 2. The van der Waals surface area contributed by atoms with E-state index in [1.807, 2.05) is 6.07 Å². The molecular weight excluding hydrogens is 282 g/mol. The summed E-state index contributed by atoms with van der Waals surface area (Å²) in [6.07, 6.45) is 0.0909. The molecule has 0 amide bonds. The van der Waals surface area contributed by atoms with Crippen LogP contribution < -0.4 is 0 Å². The third-order valence-corrected chi connectivity index (χ3v) is 3.73. The Morgan fingerprint density at radius 3 is 2.55 bits per heavy atom. The molecule has 3 nitrogen and oxygen atoms in total. The molecule has 1 aromatic carbocycles. The Morgan fingerprint density at radius 2 is 2.05 bits per heavy atom. The van der Waals surface area contributed by atoms with Crippen molar-refractivity contribution < 1.29 is 13.9 Å². The Labute approximate surface area is 119 Å². The van der Waals surface area contributed by atoms with Crippen LogP contribution in [0.4, 0.5) is 8.78 Å². The smallest absolute Gasteiger partial charge is 0.129 e. The second kappa shape index (κ2) is 6.55. The molecule has 1 aromatic heterocycles. The maximum Gasteiger partial charge on any atom is 0.129 e. The molecular formula is C14H12F2N2OS. The van der Waals surface area contributed by atoms with Gasteiger partial charge in [-0.3, -0.25) is 0 Å². The van der Waals surface area contributed by atoms with Crippen LogP contribution in [0.15, 0.2) is 29.1 Å². The lowest BCUT2D eigenvalue weighted by Gasteiger charge is -2.21. The van der Waals surface area contributed by atoms with Crippen molar-refractivity contribution in [2.24, 2.45) is 0 Å². The topological polar surface area (TPSA) is 56.9 Å². The van der Waals surface area contributed by atoms with Crippen LogP contribution >= 0.6 is 11.3 Å². The quantitative estimate of drug-likeness (QED) is 0.921. The number of halogens is 2. The summed E-state index contributed by atoms with van der Waals surface area (Å²) in [5, 5.41) is 20.2. The van der Waals surface area contributed by atoms with Gasteiger partial charge in [-0.1, -0.05) is 6.07 Å². The molecule has 2 atom stereocenters. The second-order valence-electron chi connectivity index (χ2n) is 4.27. The highest BCUT2D eigenvalue weighted by molar-refractivity contribution is 7.07. The van der Waals surface area contributed by atoms with Gasteiger partial charge in [0.2, 0.25) is 0 Å².